The monoisotopic (exact) mass is 1880 g/mol. The Bertz CT molecular complexity index is 3570. The van der Waals surface area contributed by atoms with Gasteiger partial charge in [0.1, 0.15) is 22.4 Å². The standard InChI is InChI=1S/C21H36O2.C20H32O3.C19H30O2.C18H30O3.C16H28O2.C13H24O2.12CH4/c1-8-18(3,4)17(22)23-20(7)11-12-21-13-16(20)19(5,6)15(21)10-9-14(21)2;1-5-20(3,4)19(21)23-11(2)22-16-10-14-9-15(16)18-13-7-6-12(8-13)17(14)18;1-5-18(2,3)17(20)21-19(4)10-13-9-14(19)16-12-7-6-11(8-12)15(13)16;1-5-17(3,4)16(19)20-12(2)21-18-9-13-6-14(10-18)8-15(7-13)11-18;1-6-15(2,3)14(17)18-16(4,5)13-10-11-7-8-12(13)9-11;1-5-12(2,3)11(14)15-13(4)9-7-6-8-10-13;;;;;;;;;;;;/h14-16H,8-13H2,1-7H3;11-18H,5-10H2,1-4H3;11-16H,5-10H2,1-4H3;12-15H,5-11H2,1-4H3;11-13H,6-10H2,1-5H3;5-10H2,1-4H3;12*1H4. The highest BCUT2D eigenvalue weighted by atomic mass is 16.7. The fourth-order valence-electron chi connectivity index (χ4n) is 29.9. The minimum absolute atomic E-state index is 0. The van der Waals surface area contributed by atoms with Gasteiger partial charge in [-0.05, 0) is 467 Å². The molecule has 0 N–H and O–H groups in total. The van der Waals surface area contributed by atoms with Gasteiger partial charge in [-0.25, -0.2) is 0 Å². The van der Waals surface area contributed by atoms with Crippen LogP contribution in [-0.2, 0) is 66.7 Å². The van der Waals surface area contributed by atoms with Crippen LogP contribution >= 0.6 is 0 Å². The maximum Gasteiger partial charge on any atom is 0.313 e. The molecule has 14 nitrogen and oxygen atoms in total. The smallest absolute Gasteiger partial charge is 0.313 e. The van der Waals surface area contributed by atoms with Crippen LogP contribution in [0.4, 0.5) is 0 Å². The molecular formula is C119H228O14. The normalized spacial score (nSPS) is 36.5. The van der Waals surface area contributed by atoms with Crippen LogP contribution in [0.2, 0.25) is 0 Å². The molecule has 0 radical (unpaired) electrons. The first-order valence-corrected chi connectivity index (χ1v) is 50.9. The van der Waals surface area contributed by atoms with E-state index in [0.717, 1.165) is 171 Å². The van der Waals surface area contributed by atoms with E-state index in [4.69, 9.17) is 37.9 Å². The summed E-state index contributed by atoms with van der Waals surface area (Å²) in [4.78, 5) is 73.9. The van der Waals surface area contributed by atoms with E-state index in [1.54, 1.807) is 0 Å². The second kappa shape index (κ2) is 48.2. The molecule has 0 heterocycles. The topological polar surface area (TPSA) is 176 Å². The van der Waals surface area contributed by atoms with Crippen molar-refractivity contribution < 1.29 is 66.7 Å². The molecule has 0 aromatic rings. The fraction of sp³-hybridized carbons (Fsp3) is 0.950. The third kappa shape index (κ3) is 26.4. The predicted molar refractivity (Wildman–Crippen MR) is 562 cm³/mol. The van der Waals surface area contributed by atoms with E-state index >= 15 is 0 Å². The van der Waals surface area contributed by atoms with Crippen molar-refractivity contribution >= 4 is 35.8 Å². The number of hydrogen-bond acceptors (Lipinski definition) is 14. The summed E-state index contributed by atoms with van der Waals surface area (Å²) in [7, 11) is 0. The van der Waals surface area contributed by atoms with Gasteiger partial charge in [-0.2, -0.15) is 0 Å². The van der Waals surface area contributed by atoms with Crippen molar-refractivity contribution in [3.8, 4) is 0 Å². The fourth-order valence-corrected chi connectivity index (χ4v) is 29.9. The molecule has 16 bridgehead atoms. The minimum Gasteiger partial charge on any atom is -0.459 e. The van der Waals surface area contributed by atoms with Crippen LogP contribution in [0.3, 0.4) is 0 Å². The Morgan fingerprint density at radius 3 is 1.21 bits per heavy atom. The van der Waals surface area contributed by atoms with Crippen molar-refractivity contribution in [2.45, 2.75) is 561 Å². The number of hydrogen-bond donors (Lipinski definition) is 0. The lowest BCUT2D eigenvalue weighted by atomic mass is 9.54. The van der Waals surface area contributed by atoms with Gasteiger partial charge in [-0.1, -0.05) is 164 Å². The molecule has 18 saturated carbocycles. The first-order chi connectivity index (χ1) is 56.2. The van der Waals surface area contributed by atoms with Crippen LogP contribution in [0.5, 0.6) is 0 Å². The van der Waals surface area contributed by atoms with E-state index < -0.39 is 23.4 Å². The number of rotatable bonds is 23. The molecule has 0 amide bonds. The molecule has 24 unspecified atom stereocenters. The van der Waals surface area contributed by atoms with Gasteiger partial charge in [0, 0.05) is 17.8 Å². The second-order valence-corrected chi connectivity index (χ2v) is 50.4. The van der Waals surface area contributed by atoms with Crippen LogP contribution in [0.25, 0.3) is 0 Å². The molecule has 14 heteroatoms. The van der Waals surface area contributed by atoms with Gasteiger partial charge in [-0.3, -0.25) is 28.8 Å². The van der Waals surface area contributed by atoms with E-state index in [0.29, 0.717) is 29.3 Å². The van der Waals surface area contributed by atoms with Crippen molar-refractivity contribution in [2.75, 3.05) is 0 Å². The van der Waals surface area contributed by atoms with Gasteiger partial charge in [-0.15, -0.1) is 0 Å². The maximum atomic E-state index is 12.7. The largest absolute Gasteiger partial charge is 0.459 e. The van der Waals surface area contributed by atoms with E-state index in [2.05, 4.69) is 69.2 Å². The molecule has 0 aliphatic heterocycles. The Morgan fingerprint density at radius 1 is 0.346 bits per heavy atom. The highest BCUT2D eigenvalue weighted by molar-refractivity contribution is 5.78. The van der Waals surface area contributed by atoms with Crippen LogP contribution in [-0.4, -0.2) is 82.5 Å². The van der Waals surface area contributed by atoms with E-state index in [1.807, 2.05) is 125 Å². The van der Waals surface area contributed by atoms with Gasteiger partial charge in [0.2, 0.25) is 6.29 Å². The summed E-state index contributed by atoms with van der Waals surface area (Å²) in [6.45, 7) is 57.9. The van der Waals surface area contributed by atoms with Crippen LogP contribution in [0.15, 0.2) is 0 Å². The molecule has 24 atom stereocenters. The minimum atomic E-state index is -0.418. The van der Waals surface area contributed by atoms with Crippen LogP contribution < -0.4 is 0 Å². The lowest BCUT2D eigenvalue weighted by Crippen LogP contribution is -2.53. The van der Waals surface area contributed by atoms with Gasteiger partial charge >= 0.3 is 35.8 Å². The number of esters is 6. The molecule has 0 aromatic heterocycles. The molecule has 18 aliphatic carbocycles. The average Bonchev–Trinajstić information content (AvgIpc) is 1.54. The number of ether oxygens (including phenoxy) is 8. The third-order valence-electron chi connectivity index (χ3n) is 39.3. The number of fused-ring (bicyclic) bond motifs is 21. The summed E-state index contributed by atoms with van der Waals surface area (Å²) < 4.78 is 47.7. The molecule has 18 rings (SSSR count). The Hall–Kier alpha value is -3.26. The second-order valence-electron chi connectivity index (χ2n) is 50.4. The number of carbonyl (C=O) groups excluding carboxylic acids is 6. The Kier molecular flexibility index (Phi) is 47.0. The van der Waals surface area contributed by atoms with Gasteiger partial charge in [0.15, 0.2) is 6.29 Å². The Labute approximate surface area is 826 Å². The van der Waals surface area contributed by atoms with Crippen molar-refractivity contribution in [1.29, 1.82) is 0 Å². The van der Waals surface area contributed by atoms with Crippen molar-refractivity contribution in [2.24, 2.45) is 168 Å². The van der Waals surface area contributed by atoms with E-state index in [-0.39, 0.29) is 180 Å². The zero-order valence-electron chi connectivity index (χ0n) is 82.5. The lowest BCUT2D eigenvalue weighted by molar-refractivity contribution is -0.248. The summed E-state index contributed by atoms with van der Waals surface area (Å²) in [6.07, 6.45) is 43.4. The highest BCUT2D eigenvalue weighted by Gasteiger charge is 2.71. The maximum absolute atomic E-state index is 12.7. The molecule has 788 valence electrons. The Balaban J connectivity index is 0.00000155. The highest BCUT2D eigenvalue weighted by Crippen LogP contribution is 2.75. The van der Waals surface area contributed by atoms with E-state index in [9.17, 15) is 28.8 Å². The van der Waals surface area contributed by atoms with Crippen molar-refractivity contribution in [3.63, 3.8) is 0 Å². The van der Waals surface area contributed by atoms with Crippen molar-refractivity contribution in [3.05, 3.63) is 0 Å². The van der Waals surface area contributed by atoms with Crippen molar-refractivity contribution in [1.82, 2.24) is 0 Å². The van der Waals surface area contributed by atoms with E-state index in [1.165, 1.54) is 167 Å². The van der Waals surface area contributed by atoms with Gasteiger partial charge < -0.3 is 37.9 Å². The molecule has 18 fully saturated rings. The van der Waals surface area contributed by atoms with Crippen LogP contribution in [0.1, 0.15) is 514 Å². The predicted octanol–water partition coefficient (Wildman–Crippen LogP) is 34.2. The Morgan fingerprint density at radius 2 is 0.759 bits per heavy atom. The summed E-state index contributed by atoms with van der Waals surface area (Å²) in [5, 5.41) is 0. The number of carbonyl (C=O) groups is 6. The molecule has 0 aromatic carbocycles. The zero-order chi connectivity index (χ0) is 88.9. The van der Waals surface area contributed by atoms with Gasteiger partial charge in [0.25, 0.3) is 0 Å². The van der Waals surface area contributed by atoms with Crippen LogP contribution in [0, 0.1) is 168 Å². The third-order valence-corrected chi connectivity index (χ3v) is 39.3. The summed E-state index contributed by atoms with van der Waals surface area (Å²) in [5.41, 5.74) is -2.33. The quantitative estimate of drug-likeness (QED) is 0.0409. The molecule has 18 aliphatic rings. The molecule has 1 spiro atoms. The zero-order valence-corrected chi connectivity index (χ0v) is 82.5. The molecular weight excluding hydrogens is 1650 g/mol. The van der Waals surface area contributed by atoms with Gasteiger partial charge in [0.05, 0.1) is 44.2 Å². The SMILES string of the molecule is C.C.C.C.C.C.C.C.C.C.C.C.CCC(C)(C)C(=O)OC(C)(C)C1CC2CCC1C2.CCC(C)(C)C(=O)OC(C)OC12CC3CC(CC(C3)C1)C2.CCC(C)(C)C(=O)OC(C)OC1CC2CC1C1C3CCC(C3)C21.CCC(C)(C)C(=O)OC1(C)CC2CC1C1C3CCC(C3)C21.CCC(C)(C)C(=O)OC1(C)CCC23CC1C(C)(C)C2CCC3C.CCC(C)(C)C(=O)OC1(C)CCCCC1. The summed E-state index contributed by atoms with van der Waals surface area (Å²) >= 11 is 0. The summed E-state index contributed by atoms with van der Waals surface area (Å²) in [5.74, 6) is 17.6. The molecule has 133 heavy (non-hydrogen) atoms. The summed E-state index contributed by atoms with van der Waals surface area (Å²) in [6, 6.07) is 0. The molecule has 0 saturated heterocycles. The first kappa shape index (κ1) is 130. The average molecular weight is 1880 g/mol. The lowest BCUT2D eigenvalue weighted by Gasteiger charge is -2.56. The first-order valence-electron chi connectivity index (χ1n) is 50.9.